The predicted octanol–water partition coefficient (Wildman–Crippen LogP) is 4.54. The number of nitriles is 1. The fourth-order valence-corrected chi connectivity index (χ4v) is 1.88. The fraction of sp³-hybridized carbons (Fsp3) is 0.125. The van der Waals surface area contributed by atoms with Crippen LogP contribution in [0.15, 0.2) is 42.5 Å². The van der Waals surface area contributed by atoms with E-state index >= 15 is 0 Å². The molecule has 22 heavy (non-hydrogen) atoms. The third-order valence-corrected chi connectivity index (χ3v) is 3.35. The van der Waals surface area contributed by atoms with Crippen molar-refractivity contribution >= 4 is 28.4 Å². The standard InChI is InChI=1S/C16H11Cl2NO3/c1-10(16(18)20)21-12-3-5-13(6-4-12)22-15-7-2-11(9-19)8-14(15)17/h2-8,10H,1H3. The molecule has 112 valence electrons. The molecular formula is C16H11Cl2NO3. The molecular weight excluding hydrogens is 325 g/mol. The first-order valence-electron chi connectivity index (χ1n) is 6.33. The van der Waals surface area contributed by atoms with Gasteiger partial charge in [-0.15, -0.1) is 0 Å². The normalized spacial score (nSPS) is 11.4. The van der Waals surface area contributed by atoms with E-state index in [0.717, 1.165) is 0 Å². The van der Waals surface area contributed by atoms with Gasteiger partial charge in [-0.05, 0) is 61.0 Å². The zero-order valence-electron chi connectivity index (χ0n) is 11.5. The summed E-state index contributed by atoms with van der Waals surface area (Å²) in [6, 6.07) is 13.4. The van der Waals surface area contributed by atoms with Gasteiger partial charge in [-0.1, -0.05) is 11.6 Å². The highest BCUT2D eigenvalue weighted by Crippen LogP contribution is 2.31. The average molecular weight is 336 g/mol. The second kappa shape index (κ2) is 7.17. The van der Waals surface area contributed by atoms with E-state index in [1.165, 1.54) is 6.07 Å². The van der Waals surface area contributed by atoms with Gasteiger partial charge >= 0.3 is 0 Å². The molecule has 0 saturated heterocycles. The molecule has 4 nitrogen and oxygen atoms in total. The van der Waals surface area contributed by atoms with Crippen LogP contribution < -0.4 is 9.47 Å². The van der Waals surface area contributed by atoms with E-state index in [-0.39, 0.29) is 0 Å². The van der Waals surface area contributed by atoms with Crippen molar-refractivity contribution < 1.29 is 14.3 Å². The lowest BCUT2D eigenvalue weighted by atomic mass is 10.2. The predicted molar refractivity (Wildman–Crippen MR) is 83.6 cm³/mol. The summed E-state index contributed by atoms with van der Waals surface area (Å²) < 4.78 is 11.0. The first kappa shape index (κ1) is 16.2. The maximum atomic E-state index is 10.9. The fourth-order valence-electron chi connectivity index (χ4n) is 1.62. The van der Waals surface area contributed by atoms with Crippen molar-refractivity contribution in [1.82, 2.24) is 0 Å². The number of hydrogen-bond donors (Lipinski definition) is 0. The van der Waals surface area contributed by atoms with E-state index in [2.05, 4.69) is 0 Å². The quantitative estimate of drug-likeness (QED) is 0.752. The third-order valence-electron chi connectivity index (χ3n) is 2.74. The molecule has 0 spiro atoms. The second-order valence-electron chi connectivity index (χ2n) is 4.39. The molecule has 0 bridgehead atoms. The highest BCUT2D eigenvalue weighted by molar-refractivity contribution is 6.64. The van der Waals surface area contributed by atoms with Crippen LogP contribution in [0.4, 0.5) is 0 Å². The number of carbonyl (C=O) groups excluding carboxylic acids is 1. The third kappa shape index (κ3) is 4.14. The van der Waals surface area contributed by atoms with Crippen LogP contribution in [0.25, 0.3) is 0 Å². The molecule has 0 radical (unpaired) electrons. The van der Waals surface area contributed by atoms with E-state index in [0.29, 0.717) is 27.8 Å². The largest absolute Gasteiger partial charge is 0.482 e. The van der Waals surface area contributed by atoms with E-state index in [1.54, 1.807) is 43.3 Å². The molecule has 0 heterocycles. The lowest BCUT2D eigenvalue weighted by Gasteiger charge is -2.12. The van der Waals surface area contributed by atoms with Gasteiger partial charge < -0.3 is 9.47 Å². The van der Waals surface area contributed by atoms with Crippen LogP contribution in [-0.2, 0) is 4.79 Å². The molecule has 0 saturated carbocycles. The van der Waals surface area contributed by atoms with Crippen molar-refractivity contribution in [1.29, 1.82) is 5.26 Å². The van der Waals surface area contributed by atoms with Gasteiger partial charge in [0.25, 0.3) is 5.24 Å². The Morgan fingerprint density at radius 2 is 1.82 bits per heavy atom. The van der Waals surface area contributed by atoms with E-state index in [4.69, 9.17) is 37.9 Å². The van der Waals surface area contributed by atoms with Crippen LogP contribution >= 0.6 is 23.2 Å². The molecule has 0 N–H and O–H groups in total. The van der Waals surface area contributed by atoms with Crippen molar-refractivity contribution in [2.75, 3.05) is 0 Å². The van der Waals surface area contributed by atoms with Crippen molar-refractivity contribution in [2.45, 2.75) is 13.0 Å². The summed E-state index contributed by atoms with van der Waals surface area (Å²) in [6.07, 6.45) is -0.721. The number of carbonyl (C=O) groups is 1. The molecule has 0 amide bonds. The van der Waals surface area contributed by atoms with Crippen LogP contribution in [0.1, 0.15) is 12.5 Å². The van der Waals surface area contributed by atoms with Gasteiger partial charge in [0.1, 0.15) is 17.2 Å². The van der Waals surface area contributed by atoms with Gasteiger partial charge in [0.05, 0.1) is 16.7 Å². The first-order valence-corrected chi connectivity index (χ1v) is 7.09. The van der Waals surface area contributed by atoms with Gasteiger partial charge in [-0.3, -0.25) is 4.79 Å². The molecule has 2 aromatic rings. The minimum atomic E-state index is -0.721. The lowest BCUT2D eigenvalue weighted by Crippen LogP contribution is -2.18. The molecule has 2 rings (SSSR count). The van der Waals surface area contributed by atoms with Crippen molar-refractivity contribution in [2.24, 2.45) is 0 Å². The maximum absolute atomic E-state index is 10.9. The zero-order chi connectivity index (χ0) is 16.1. The summed E-state index contributed by atoms with van der Waals surface area (Å²) in [5.74, 6) is 1.49. The topological polar surface area (TPSA) is 59.3 Å². The summed E-state index contributed by atoms with van der Waals surface area (Å²) in [7, 11) is 0. The Hall–Kier alpha value is -2.22. The Morgan fingerprint density at radius 3 is 2.36 bits per heavy atom. The summed E-state index contributed by atoms with van der Waals surface area (Å²) in [6.45, 7) is 1.57. The van der Waals surface area contributed by atoms with Crippen LogP contribution in [0.2, 0.25) is 5.02 Å². The van der Waals surface area contributed by atoms with Gasteiger partial charge in [-0.2, -0.15) is 5.26 Å². The maximum Gasteiger partial charge on any atom is 0.262 e. The van der Waals surface area contributed by atoms with Crippen LogP contribution in [0.5, 0.6) is 17.2 Å². The van der Waals surface area contributed by atoms with E-state index in [9.17, 15) is 4.79 Å². The van der Waals surface area contributed by atoms with Gasteiger partial charge in [0.2, 0.25) is 0 Å². The summed E-state index contributed by atoms with van der Waals surface area (Å²) >= 11 is 11.4. The highest BCUT2D eigenvalue weighted by Gasteiger charge is 2.11. The molecule has 0 fully saturated rings. The van der Waals surface area contributed by atoms with E-state index < -0.39 is 11.3 Å². The summed E-state index contributed by atoms with van der Waals surface area (Å²) in [5, 5.41) is 8.57. The smallest absolute Gasteiger partial charge is 0.262 e. The number of benzene rings is 2. The molecule has 0 aliphatic heterocycles. The molecule has 6 heteroatoms. The summed E-state index contributed by atoms with van der Waals surface area (Å²) in [5.41, 5.74) is 0.459. The second-order valence-corrected chi connectivity index (χ2v) is 5.17. The van der Waals surface area contributed by atoms with Crippen molar-refractivity contribution in [3.8, 4) is 23.3 Å². The number of nitrogens with zero attached hydrogens (tertiary/aromatic N) is 1. The Kier molecular flexibility index (Phi) is 5.26. The summed E-state index contributed by atoms with van der Waals surface area (Å²) in [4.78, 5) is 10.9. The first-order chi connectivity index (χ1) is 10.5. The SMILES string of the molecule is CC(Oc1ccc(Oc2ccc(C#N)cc2Cl)cc1)C(=O)Cl. The average Bonchev–Trinajstić information content (AvgIpc) is 2.51. The number of ether oxygens (including phenoxy) is 2. The number of rotatable bonds is 5. The Bertz CT molecular complexity index is 723. The van der Waals surface area contributed by atoms with Gasteiger partial charge in [-0.25, -0.2) is 0 Å². The zero-order valence-corrected chi connectivity index (χ0v) is 13.1. The number of hydrogen-bond acceptors (Lipinski definition) is 4. The molecule has 1 atom stereocenters. The van der Waals surface area contributed by atoms with E-state index in [1.807, 2.05) is 6.07 Å². The molecule has 2 aromatic carbocycles. The highest BCUT2D eigenvalue weighted by atomic mass is 35.5. The number of halogens is 2. The molecule has 1 unspecified atom stereocenters. The molecule has 0 aliphatic carbocycles. The van der Waals surface area contributed by atoms with Gasteiger partial charge in [0, 0.05) is 0 Å². The molecule has 0 aromatic heterocycles. The Morgan fingerprint density at radius 1 is 1.18 bits per heavy atom. The van der Waals surface area contributed by atoms with Crippen molar-refractivity contribution in [3.05, 3.63) is 53.1 Å². The Labute approximate surface area is 137 Å². The van der Waals surface area contributed by atoms with Gasteiger partial charge in [0.15, 0.2) is 6.10 Å². The molecule has 0 aliphatic rings. The van der Waals surface area contributed by atoms with Crippen LogP contribution in [0.3, 0.4) is 0 Å². The minimum Gasteiger partial charge on any atom is -0.482 e. The Balaban J connectivity index is 2.08. The lowest BCUT2D eigenvalue weighted by molar-refractivity contribution is -0.117. The minimum absolute atomic E-state index is 0.348. The van der Waals surface area contributed by atoms with Crippen LogP contribution in [0, 0.1) is 11.3 Å². The van der Waals surface area contributed by atoms with Crippen molar-refractivity contribution in [3.63, 3.8) is 0 Å². The van der Waals surface area contributed by atoms with Crippen LogP contribution in [-0.4, -0.2) is 11.3 Å². The monoisotopic (exact) mass is 335 g/mol.